The molecule has 4 aliphatic rings. The second kappa shape index (κ2) is 2.71. The van der Waals surface area contributed by atoms with E-state index in [0.717, 1.165) is 23.8 Å². The minimum Gasteiger partial charge on any atom is -0.316 e. The highest BCUT2D eigenvalue weighted by molar-refractivity contribution is 4.98. The van der Waals surface area contributed by atoms with Gasteiger partial charge in [-0.1, -0.05) is 0 Å². The van der Waals surface area contributed by atoms with Gasteiger partial charge in [0.1, 0.15) is 0 Å². The molecule has 0 bridgehead atoms. The summed E-state index contributed by atoms with van der Waals surface area (Å²) in [5.74, 6) is 3.31. The lowest BCUT2D eigenvalue weighted by atomic mass is 10.3. The van der Waals surface area contributed by atoms with Crippen LogP contribution in [0.1, 0.15) is 22.1 Å². The Morgan fingerprint density at radius 2 is 1.83 bits per heavy atom. The Kier molecular flexibility index (Phi) is 1.66. The predicted molar refractivity (Wildman–Crippen MR) is 53.2 cm³/mol. The van der Waals surface area contributed by atoms with E-state index in [1.807, 2.05) is 0 Å². The normalized spacial score (nSPS) is 52.0. The van der Waals surface area contributed by atoms with Gasteiger partial charge in [-0.05, 0) is 56.7 Å². The van der Waals surface area contributed by atoms with Crippen LogP contribution in [-0.4, -0.2) is 25.7 Å². The standard InChI is InChI=1S/2C5H9N.2H2/c1-4-2-6-3-5(1)4;1-2-6-5-3-4(1)5;;/h2*4-6H,1-3H2;2*1H. The van der Waals surface area contributed by atoms with Gasteiger partial charge in [0.25, 0.3) is 0 Å². The van der Waals surface area contributed by atoms with Gasteiger partial charge in [0.05, 0.1) is 0 Å². The van der Waals surface area contributed by atoms with E-state index in [1.54, 1.807) is 0 Å². The maximum atomic E-state index is 3.39. The lowest BCUT2D eigenvalue weighted by Crippen LogP contribution is -2.10. The van der Waals surface area contributed by atoms with Gasteiger partial charge in [0.15, 0.2) is 0 Å². The van der Waals surface area contributed by atoms with Gasteiger partial charge >= 0.3 is 0 Å². The predicted octanol–water partition coefficient (Wildman–Crippen LogP) is 1.09. The van der Waals surface area contributed by atoms with Crippen LogP contribution in [0.4, 0.5) is 0 Å². The van der Waals surface area contributed by atoms with Crippen LogP contribution in [0.15, 0.2) is 0 Å². The number of hydrogen-bond acceptors (Lipinski definition) is 2. The van der Waals surface area contributed by atoms with Crippen LogP contribution in [0, 0.1) is 17.8 Å². The first-order valence-electron chi connectivity index (χ1n) is 5.37. The maximum Gasteiger partial charge on any atom is 0.00996 e. The second-order valence-corrected chi connectivity index (χ2v) is 4.76. The Hall–Kier alpha value is -0.0800. The molecule has 2 saturated heterocycles. The summed E-state index contributed by atoms with van der Waals surface area (Å²) in [7, 11) is 0. The monoisotopic (exact) mass is 170 g/mol. The van der Waals surface area contributed by atoms with Crippen molar-refractivity contribution in [2.75, 3.05) is 19.6 Å². The van der Waals surface area contributed by atoms with Crippen LogP contribution in [0.25, 0.3) is 0 Å². The fourth-order valence-corrected chi connectivity index (χ4v) is 2.54. The van der Waals surface area contributed by atoms with E-state index < -0.39 is 0 Å². The number of nitrogens with one attached hydrogen (secondary N) is 2. The lowest BCUT2D eigenvalue weighted by Gasteiger charge is -1.87. The van der Waals surface area contributed by atoms with Crippen molar-refractivity contribution >= 4 is 0 Å². The van der Waals surface area contributed by atoms with E-state index in [1.165, 1.54) is 38.9 Å². The maximum absolute atomic E-state index is 3.39. The van der Waals surface area contributed by atoms with Gasteiger partial charge in [0, 0.05) is 8.90 Å². The highest BCUT2D eigenvalue weighted by Crippen LogP contribution is 2.40. The third kappa shape index (κ3) is 1.38. The molecule has 0 amide bonds. The Bertz CT molecular complexity index is 153. The van der Waals surface area contributed by atoms with Crippen molar-refractivity contribution in [1.29, 1.82) is 0 Å². The highest BCUT2D eigenvalue weighted by Gasteiger charge is 2.40. The molecule has 0 aromatic carbocycles. The zero-order valence-electron chi connectivity index (χ0n) is 7.55. The molecule has 0 spiro atoms. The first-order valence-corrected chi connectivity index (χ1v) is 5.37. The molecule has 2 N–H and O–H groups in total. The minimum absolute atomic E-state index is 0. The molecule has 4 atom stereocenters. The Balaban J connectivity index is 0.000000122. The van der Waals surface area contributed by atoms with Crippen molar-refractivity contribution in [2.24, 2.45) is 17.8 Å². The van der Waals surface area contributed by atoms with Crippen molar-refractivity contribution in [3.05, 3.63) is 0 Å². The number of piperidine rings is 2. The largest absolute Gasteiger partial charge is 0.316 e. The van der Waals surface area contributed by atoms with E-state index in [0.29, 0.717) is 0 Å². The van der Waals surface area contributed by atoms with Gasteiger partial charge in [-0.2, -0.15) is 0 Å². The summed E-state index contributed by atoms with van der Waals surface area (Å²) >= 11 is 0. The van der Waals surface area contributed by atoms with E-state index in [-0.39, 0.29) is 2.85 Å². The molecule has 2 aliphatic heterocycles. The summed E-state index contributed by atoms with van der Waals surface area (Å²) in [6.45, 7) is 3.91. The number of fused-ring (bicyclic) bond motifs is 2. The third-order valence-electron chi connectivity index (χ3n) is 3.73. The topological polar surface area (TPSA) is 24.1 Å². The van der Waals surface area contributed by atoms with Crippen molar-refractivity contribution in [3.8, 4) is 0 Å². The summed E-state index contributed by atoms with van der Waals surface area (Å²) in [4.78, 5) is 0. The summed E-state index contributed by atoms with van der Waals surface area (Å²) in [5.41, 5.74) is 0. The average Bonchev–Trinajstić information content (AvgIpc) is 2.95. The quantitative estimate of drug-likeness (QED) is 0.568. The zero-order chi connectivity index (χ0) is 7.97. The number of hydrogen-bond donors (Lipinski definition) is 2. The van der Waals surface area contributed by atoms with Crippen LogP contribution >= 0.6 is 0 Å². The minimum atomic E-state index is 0. The van der Waals surface area contributed by atoms with Crippen molar-refractivity contribution < 1.29 is 2.85 Å². The molecule has 2 heterocycles. The molecule has 12 heavy (non-hydrogen) atoms. The fraction of sp³-hybridized carbons (Fsp3) is 1.00. The molecular formula is C10H22N2. The fourth-order valence-electron chi connectivity index (χ4n) is 2.54. The SMILES string of the molecule is C1CC2CC2N1.C1NCC2CC12.[HH].[HH]. The van der Waals surface area contributed by atoms with E-state index in [2.05, 4.69) is 10.6 Å². The smallest absolute Gasteiger partial charge is 0.00996 e. The molecule has 2 heteroatoms. The van der Waals surface area contributed by atoms with Gasteiger partial charge < -0.3 is 10.6 Å². The molecular weight excluding hydrogens is 148 g/mol. The first-order chi connectivity index (χ1) is 5.93. The lowest BCUT2D eigenvalue weighted by molar-refractivity contribution is 0.732. The van der Waals surface area contributed by atoms with Crippen LogP contribution < -0.4 is 10.6 Å². The summed E-state index contributed by atoms with van der Waals surface area (Å²) in [6.07, 6.45) is 4.44. The van der Waals surface area contributed by atoms with Crippen LogP contribution in [-0.2, 0) is 0 Å². The van der Waals surface area contributed by atoms with Crippen LogP contribution in [0.3, 0.4) is 0 Å². The van der Waals surface area contributed by atoms with Crippen LogP contribution in [0.2, 0.25) is 0 Å². The molecule has 72 valence electrons. The molecule has 0 radical (unpaired) electrons. The second-order valence-electron chi connectivity index (χ2n) is 4.76. The van der Waals surface area contributed by atoms with Crippen molar-refractivity contribution in [3.63, 3.8) is 0 Å². The molecule has 0 aromatic heterocycles. The molecule has 4 rings (SSSR count). The van der Waals surface area contributed by atoms with Gasteiger partial charge in [-0.3, -0.25) is 0 Å². The van der Waals surface area contributed by atoms with E-state index in [4.69, 9.17) is 0 Å². The molecule has 0 aromatic rings. The third-order valence-corrected chi connectivity index (χ3v) is 3.73. The van der Waals surface area contributed by atoms with E-state index in [9.17, 15) is 0 Å². The van der Waals surface area contributed by atoms with Crippen molar-refractivity contribution in [1.82, 2.24) is 10.6 Å². The summed E-state index contributed by atoms with van der Waals surface area (Å²) < 4.78 is 0. The van der Waals surface area contributed by atoms with Gasteiger partial charge in [0.2, 0.25) is 0 Å². The van der Waals surface area contributed by atoms with Gasteiger partial charge in [-0.25, -0.2) is 0 Å². The molecule has 2 saturated carbocycles. The molecule has 2 nitrogen and oxygen atoms in total. The van der Waals surface area contributed by atoms with E-state index >= 15 is 0 Å². The highest BCUT2D eigenvalue weighted by atomic mass is 15.0. The number of rotatable bonds is 0. The Morgan fingerprint density at radius 3 is 2.00 bits per heavy atom. The molecule has 4 fully saturated rings. The first kappa shape index (κ1) is 7.34. The summed E-state index contributed by atoms with van der Waals surface area (Å²) in [6, 6.07) is 0.963. The van der Waals surface area contributed by atoms with Gasteiger partial charge in [-0.15, -0.1) is 0 Å². The van der Waals surface area contributed by atoms with Crippen molar-refractivity contribution in [2.45, 2.75) is 25.3 Å². The Labute approximate surface area is 77.1 Å². The average molecular weight is 170 g/mol. The zero-order valence-corrected chi connectivity index (χ0v) is 7.55. The molecule has 2 aliphatic carbocycles. The van der Waals surface area contributed by atoms with Crippen LogP contribution in [0.5, 0.6) is 0 Å². The molecule has 4 unspecified atom stereocenters. The summed E-state index contributed by atoms with van der Waals surface area (Å²) in [5, 5.41) is 6.72. The Morgan fingerprint density at radius 1 is 1.00 bits per heavy atom.